The van der Waals surface area contributed by atoms with Crippen LogP contribution in [0.15, 0.2) is 29.6 Å². The Balaban J connectivity index is 1.75. The maximum absolute atomic E-state index is 11.7. The van der Waals surface area contributed by atoms with Crippen molar-refractivity contribution in [1.29, 1.82) is 0 Å². The topological polar surface area (TPSA) is 57.3 Å². The zero-order valence-corrected chi connectivity index (χ0v) is 12.9. The van der Waals surface area contributed by atoms with Crippen LogP contribution in [0.25, 0.3) is 0 Å². The molecule has 0 spiro atoms. The van der Waals surface area contributed by atoms with Crippen molar-refractivity contribution in [1.82, 2.24) is 10.3 Å². The van der Waals surface area contributed by atoms with Crippen LogP contribution in [-0.4, -0.2) is 24.1 Å². The Morgan fingerprint density at radius 2 is 2.33 bits per heavy atom. The number of carbonyl (C=O) groups is 1. The first-order valence-corrected chi connectivity index (χ1v) is 7.85. The Hall–Kier alpha value is -2.08. The van der Waals surface area contributed by atoms with Crippen molar-refractivity contribution in [3.8, 4) is 0 Å². The zero-order valence-electron chi connectivity index (χ0n) is 12.1. The molecule has 2 aromatic rings. The predicted octanol–water partition coefficient (Wildman–Crippen LogP) is 3.15. The molecule has 1 unspecified atom stereocenters. The van der Waals surface area contributed by atoms with Crippen molar-refractivity contribution in [2.75, 3.05) is 23.3 Å². The summed E-state index contributed by atoms with van der Waals surface area (Å²) in [5.74, 6) is 0. The molecule has 1 fully saturated rings. The third-order valence-electron chi connectivity index (χ3n) is 3.48. The van der Waals surface area contributed by atoms with E-state index in [1.165, 1.54) is 0 Å². The van der Waals surface area contributed by atoms with Gasteiger partial charge in [-0.3, -0.25) is 4.90 Å². The summed E-state index contributed by atoms with van der Waals surface area (Å²) in [6, 6.07) is 8.03. The lowest BCUT2D eigenvalue weighted by molar-refractivity contribution is 0.252. The Morgan fingerprint density at radius 3 is 3.00 bits per heavy atom. The number of urea groups is 1. The average molecular weight is 302 g/mol. The summed E-state index contributed by atoms with van der Waals surface area (Å²) in [6.07, 6.45) is 0. The molecule has 1 atom stereocenters. The van der Waals surface area contributed by atoms with Gasteiger partial charge < -0.3 is 10.6 Å². The lowest BCUT2D eigenvalue weighted by Gasteiger charge is -2.18. The summed E-state index contributed by atoms with van der Waals surface area (Å²) in [5, 5.41) is 9.40. The van der Waals surface area contributed by atoms with E-state index in [2.05, 4.69) is 27.9 Å². The Kier molecular flexibility index (Phi) is 3.79. The van der Waals surface area contributed by atoms with E-state index in [4.69, 9.17) is 0 Å². The van der Waals surface area contributed by atoms with Crippen molar-refractivity contribution < 1.29 is 4.79 Å². The van der Waals surface area contributed by atoms with E-state index in [-0.39, 0.29) is 12.1 Å². The number of hydrogen-bond acceptors (Lipinski definition) is 4. The Labute approximate surface area is 128 Å². The van der Waals surface area contributed by atoms with E-state index in [0.29, 0.717) is 13.1 Å². The minimum atomic E-state index is -0.0321. The van der Waals surface area contributed by atoms with Gasteiger partial charge in [-0.05, 0) is 32.0 Å². The van der Waals surface area contributed by atoms with Gasteiger partial charge in [0.2, 0.25) is 0 Å². The van der Waals surface area contributed by atoms with Crippen molar-refractivity contribution in [3.05, 3.63) is 40.3 Å². The van der Waals surface area contributed by atoms with Crippen molar-refractivity contribution in [3.63, 3.8) is 0 Å². The molecule has 1 aliphatic heterocycles. The van der Waals surface area contributed by atoms with Crippen LogP contribution in [-0.2, 0) is 0 Å². The highest BCUT2D eigenvalue weighted by molar-refractivity contribution is 7.09. The van der Waals surface area contributed by atoms with Gasteiger partial charge in [-0.25, -0.2) is 9.78 Å². The first-order valence-electron chi connectivity index (χ1n) is 6.97. The highest BCUT2D eigenvalue weighted by Crippen LogP contribution is 2.25. The Morgan fingerprint density at radius 1 is 1.48 bits per heavy atom. The van der Waals surface area contributed by atoms with Crippen molar-refractivity contribution in [2.24, 2.45) is 0 Å². The molecule has 21 heavy (non-hydrogen) atoms. The van der Waals surface area contributed by atoms with Gasteiger partial charge in [-0.2, -0.15) is 0 Å². The number of thiazole rings is 1. The summed E-state index contributed by atoms with van der Waals surface area (Å²) < 4.78 is 0. The van der Waals surface area contributed by atoms with Crippen LogP contribution >= 0.6 is 11.3 Å². The number of anilines is 2. The quantitative estimate of drug-likeness (QED) is 0.912. The summed E-state index contributed by atoms with van der Waals surface area (Å²) in [6.45, 7) is 5.51. The molecular formula is C15H18N4OS. The lowest BCUT2D eigenvalue weighted by Crippen LogP contribution is -2.27. The minimum absolute atomic E-state index is 0.0321. The van der Waals surface area contributed by atoms with Crippen LogP contribution in [0.4, 0.5) is 16.2 Å². The average Bonchev–Trinajstić information content (AvgIpc) is 3.08. The molecule has 0 aliphatic carbocycles. The molecule has 2 heterocycles. The van der Waals surface area contributed by atoms with Gasteiger partial charge in [-0.1, -0.05) is 6.07 Å². The summed E-state index contributed by atoms with van der Waals surface area (Å²) in [5.41, 5.74) is 2.95. The van der Waals surface area contributed by atoms with Gasteiger partial charge in [0.25, 0.3) is 0 Å². The predicted molar refractivity (Wildman–Crippen MR) is 86.1 cm³/mol. The molecule has 110 valence electrons. The number of benzene rings is 1. The molecule has 0 radical (unpaired) electrons. The van der Waals surface area contributed by atoms with Gasteiger partial charge in [-0.15, -0.1) is 11.3 Å². The summed E-state index contributed by atoms with van der Waals surface area (Å²) in [7, 11) is 0. The molecule has 6 heteroatoms. The monoisotopic (exact) mass is 302 g/mol. The number of rotatable bonds is 4. The number of hydrogen-bond donors (Lipinski definition) is 2. The standard InChI is InChI=1S/C15H18N4OS/c1-10(14-9-21-11(2)18-14)17-12-4-3-5-13(8-12)19-7-6-16-15(19)20/h3-5,8-10,17H,6-7H2,1-2H3,(H,16,20). The van der Waals surface area contributed by atoms with Gasteiger partial charge in [0.15, 0.2) is 0 Å². The van der Waals surface area contributed by atoms with Gasteiger partial charge in [0.1, 0.15) is 0 Å². The van der Waals surface area contributed by atoms with Crippen molar-refractivity contribution >= 4 is 28.7 Å². The third-order valence-corrected chi connectivity index (χ3v) is 4.27. The smallest absolute Gasteiger partial charge is 0.321 e. The van der Waals surface area contributed by atoms with Crippen LogP contribution in [0.2, 0.25) is 0 Å². The largest absolute Gasteiger partial charge is 0.377 e. The summed E-state index contributed by atoms with van der Waals surface area (Å²) >= 11 is 1.65. The van der Waals surface area contributed by atoms with Crippen molar-refractivity contribution in [2.45, 2.75) is 19.9 Å². The van der Waals surface area contributed by atoms with E-state index < -0.39 is 0 Å². The number of nitrogens with zero attached hydrogens (tertiary/aromatic N) is 2. The van der Waals surface area contributed by atoms with E-state index in [1.807, 2.05) is 31.2 Å². The normalized spacial score (nSPS) is 15.9. The molecule has 3 rings (SSSR count). The second-order valence-corrected chi connectivity index (χ2v) is 6.15. The minimum Gasteiger partial charge on any atom is -0.377 e. The number of carbonyl (C=O) groups excluding carboxylic acids is 1. The van der Waals surface area contributed by atoms with Gasteiger partial charge >= 0.3 is 6.03 Å². The molecule has 1 aliphatic rings. The number of aryl methyl sites for hydroxylation is 1. The van der Waals surface area contributed by atoms with Crippen LogP contribution in [0, 0.1) is 6.92 Å². The maximum atomic E-state index is 11.7. The fourth-order valence-electron chi connectivity index (χ4n) is 2.38. The molecule has 0 bridgehead atoms. The fraction of sp³-hybridized carbons (Fsp3) is 0.333. The first kappa shape index (κ1) is 13.9. The van der Waals surface area contributed by atoms with E-state index in [0.717, 1.165) is 22.1 Å². The Bertz CT molecular complexity index is 655. The third kappa shape index (κ3) is 3.00. The molecule has 2 N–H and O–H groups in total. The van der Waals surface area contributed by atoms with E-state index in [9.17, 15) is 4.79 Å². The van der Waals surface area contributed by atoms with E-state index in [1.54, 1.807) is 16.2 Å². The molecule has 1 aromatic carbocycles. The van der Waals surface area contributed by atoms with Crippen LogP contribution in [0.5, 0.6) is 0 Å². The molecule has 1 aromatic heterocycles. The number of aromatic nitrogens is 1. The number of amides is 2. The van der Waals surface area contributed by atoms with Crippen LogP contribution in [0.1, 0.15) is 23.7 Å². The molecule has 1 saturated heterocycles. The lowest BCUT2D eigenvalue weighted by atomic mass is 10.2. The highest BCUT2D eigenvalue weighted by atomic mass is 32.1. The molecule has 2 amide bonds. The molecule has 0 saturated carbocycles. The number of nitrogens with one attached hydrogen (secondary N) is 2. The van der Waals surface area contributed by atoms with Crippen LogP contribution < -0.4 is 15.5 Å². The van der Waals surface area contributed by atoms with Gasteiger partial charge in [0, 0.05) is 29.8 Å². The van der Waals surface area contributed by atoms with E-state index >= 15 is 0 Å². The SMILES string of the molecule is Cc1nc(C(C)Nc2cccc(N3CCNC3=O)c2)cs1. The maximum Gasteiger partial charge on any atom is 0.321 e. The second kappa shape index (κ2) is 5.73. The summed E-state index contributed by atoms with van der Waals surface area (Å²) in [4.78, 5) is 18.0. The van der Waals surface area contributed by atoms with Crippen LogP contribution in [0.3, 0.4) is 0 Å². The highest BCUT2D eigenvalue weighted by Gasteiger charge is 2.21. The molecule has 5 nitrogen and oxygen atoms in total. The fourth-order valence-corrected chi connectivity index (χ4v) is 3.09. The molecular weight excluding hydrogens is 284 g/mol. The zero-order chi connectivity index (χ0) is 14.8. The first-order chi connectivity index (χ1) is 10.1. The van der Waals surface area contributed by atoms with Gasteiger partial charge in [0.05, 0.1) is 16.7 Å². The second-order valence-electron chi connectivity index (χ2n) is 5.09.